The molecule has 0 aliphatic rings. The number of phenolic OH excluding ortho intramolecular Hbond substituents is 1. The topological polar surface area (TPSA) is 46.3 Å². The van der Waals surface area contributed by atoms with Crippen LogP contribution in [0.25, 0.3) is 22.6 Å². The van der Waals surface area contributed by atoms with Crippen molar-refractivity contribution in [1.29, 1.82) is 0 Å². The number of rotatable bonds is 1. The smallest absolute Gasteiger partial charge is 0.227 e. The number of halogens is 1. The first-order valence-electron chi connectivity index (χ1n) is 4.99. The highest BCUT2D eigenvalue weighted by Crippen LogP contribution is 2.26. The van der Waals surface area contributed by atoms with Crippen molar-refractivity contribution in [3.8, 4) is 17.2 Å². The Bertz CT molecular complexity index is 673. The number of hydrogen-bond acceptors (Lipinski definition) is 3. The normalized spacial score (nSPS) is 10.9. The van der Waals surface area contributed by atoms with Gasteiger partial charge in [-0.25, -0.2) is 4.98 Å². The van der Waals surface area contributed by atoms with E-state index in [0.717, 1.165) is 5.56 Å². The van der Waals surface area contributed by atoms with Crippen LogP contribution in [-0.4, -0.2) is 10.1 Å². The highest BCUT2D eigenvalue weighted by Gasteiger charge is 2.08. The van der Waals surface area contributed by atoms with E-state index in [9.17, 15) is 0 Å². The lowest BCUT2D eigenvalue weighted by atomic mass is 10.2. The minimum Gasteiger partial charge on any atom is -0.507 e. The Kier molecular flexibility index (Phi) is 2.27. The number of aromatic hydroxyl groups is 1. The molecule has 17 heavy (non-hydrogen) atoms. The third-order valence-corrected chi connectivity index (χ3v) is 2.63. The van der Waals surface area contributed by atoms with Gasteiger partial charge in [-0.15, -0.1) is 0 Å². The van der Waals surface area contributed by atoms with Crippen LogP contribution in [0.2, 0.25) is 5.02 Å². The second kappa shape index (κ2) is 3.79. The van der Waals surface area contributed by atoms with Crippen molar-refractivity contribution >= 4 is 22.7 Å². The van der Waals surface area contributed by atoms with Gasteiger partial charge in [-0.3, -0.25) is 0 Å². The Morgan fingerprint density at radius 3 is 2.88 bits per heavy atom. The molecule has 0 aliphatic carbocycles. The molecule has 4 heteroatoms. The Hall–Kier alpha value is -2.00. The van der Waals surface area contributed by atoms with Gasteiger partial charge >= 0.3 is 0 Å². The van der Waals surface area contributed by atoms with E-state index in [1.165, 1.54) is 6.07 Å². The SMILES string of the molecule is Oc1[c]cc(-c2nc3cc(Cl)ccc3o2)cc1. The first kappa shape index (κ1) is 10.2. The molecule has 0 unspecified atom stereocenters. The molecule has 83 valence electrons. The summed E-state index contributed by atoms with van der Waals surface area (Å²) in [5, 5.41) is 9.78. The third-order valence-electron chi connectivity index (χ3n) is 2.39. The van der Waals surface area contributed by atoms with Crippen LogP contribution in [0.3, 0.4) is 0 Å². The molecule has 1 radical (unpaired) electrons. The van der Waals surface area contributed by atoms with Crippen molar-refractivity contribution in [3.05, 3.63) is 47.5 Å². The molecule has 0 fully saturated rings. The summed E-state index contributed by atoms with van der Waals surface area (Å²) < 4.78 is 5.58. The lowest BCUT2D eigenvalue weighted by Gasteiger charge is -1.93. The fourth-order valence-electron chi connectivity index (χ4n) is 1.57. The van der Waals surface area contributed by atoms with Crippen LogP contribution in [0.1, 0.15) is 0 Å². The van der Waals surface area contributed by atoms with Crippen molar-refractivity contribution in [2.45, 2.75) is 0 Å². The van der Waals surface area contributed by atoms with Gasteiger partial charge in [0, 0.05) is 16.7 Å². The van der Waals surface area contributed by atoms with Gasteiger partial charge in [0.25, 0.3) is 0 Å². The van der Waals surface area contributed by atoms with Crippen LogP contribution in [-0.2, 0) is 0 Å². The van der Waals surface area contributed by atoms with Crippen LogP contribution < -0.4 is 0 Å². The molecule has 3 nitrogen and oxygen atoms in total. The fourth-order valence-corrected chi connectivity index (χ4v) is 1.74. The molecule has 0 spiro atoms. The number of benzene rings is 2. The second-order valence-electron chi connectivity index (χ2n) is 3.59. The lowest BCUT2D eigenvalue weighted by molar-refractivity contribution is 0.474. The molecule has 1 N–H and O–H groups in total. The van der Waals surface area contributed by atoms with E-state index < -0.39 is 0 Å². The standard InChI is InChI=1S/C13H7ClNO2/c14-9-3-6-12-11(7-9)15-13(17-12)8-1-4-10(16)5-2-8/h1-4,6-7,16H. The third kappa shape index (κ3) is 1.85. The zero-order valence-electron chi connectivity index (χ0n) is 8.64. The Balaban J connectivity index is 2.14. The summed E-state index contributed by atoms with van der Waals surface area (Å²) in [5.74, 6) is 0.575. The van der Waals surface area contributed by atoms with E-state index in [1.54, 1.807) is 30.3 Å². The van der Waals surface area contributed by atoms with E-state index in [4.69, 9.17) is 21.1 Å². The van der Waals surface area contributed by atoms with Crippen LogP contribution in [0.15, 0.2) is 40.8 Å². The molecular weight excluding hydrogens is 238 g/mol. The first-order chi connectivity index (χ1) is 8.22. The number of oxazole rings is 1. The van der Waals surface area contributed by atoms with E-state index in [1.807, 2.05) is 0 Å². The van der Waals surface area contributed by atoms with Crippen LogP contribution in [0, 0.1) is 6.07 Å². The quantitative estimate of drug-likeness (QED) is 0.711. The van der Waals surface area contributed by atoms with Gasteiger partial charge in [0.1, 0.15) is 11.3 Å². The molecule has 0 amide bonds. The molecule has 2 aromatic carbocycles. The van der Waals surface area contributed by atoms with Crippen LogP contribution in [0.5, 0.6) is 5.75 Å². The predicted molar refractivity (Wildman–Crippen MR) is 65.0 cm³/mol. The summed E-state index contributed by atoms with van der Waals surface area (Å²) in [6, 6.07) is 12.8. The van der Waals surface area contributed by atoms with Gasteiger partial charge in [-0.2, -0.15) is 0 Å². The number of fused-ring (bicyclic) bond motifs is 1. The van der Waals surface area contributed by atoms with E-state index in [-0.39, 0.29) is 5.75 Å². The Labute approximate surface area is 102 Å². The van der Waals surface area contributed by atoms with Gasteiger partial charge < -0.3 is 9.52 Å². The van der Waals surface area contributed by atoms with Crippen molar-refractivity contribution in [1.82, 2.24) is 4.98 Å². The van der Waals surface area contributed by atoms with Crippen LogP contribution >= 0.6 is 11.6 Å². The molecule has 3 aromatic rings. The van der Waals surface area contributed by atoms with Crippen molar-refractivity contribution < 1.29 is 9.52 Å². The highest BCUT2D eigenvalue weighted by atomic mass is 35.5. The van der Waals surface area contributed by atoms with Gasteiger partial charge in [-0.1, -0.05) is 11.6 Å². The number of hydrogen-bond donors (Lipinski definition) is 1. The summed E-state index contributed by atoms with van der Waals surface area (Å²) in [6.07, 6.45) is 0. The minimum absolute atomic E-state index is 0.0907. The van der Waals surface area contributed by atoms with Crippen molar-refractivity contribution in [3.63, 3.8) is 0 Å². The molecule has 0 atom stereocenters. The highest BCUT2D eigenvalue weighted by molar-refractivity contribution is 6.31. The van der Waals surface area contributed by atoms with E-state index in [2.05, 4.69) is 11.1 Å². The van der Waals surface area contributed by atoms with Gasteiger partial charge in [0.2, 0.25) is 5.89 Å². The molecule has 0 aliphatic heterocycles. The summed E-state index contributed by atoms with van der Waals surface area (Å²) in [7, 11) is 0. The summed E-state index contributed by atoms with van der Waals surface area (Å²) >= 11 is 5.87. The molecular formula is C13H7ClNO2. The van der Waals surface area contributed by atoms with E-state index >= 15 is 0 Å². The average Bonchev–Trinajstić information content (AvgIpc) is 2.72. The zero-order valence-corrected chi connectivity index (χ0v) is 9.40. The Morgan fingerprint density at radius 2 is 2.12 bits per heavy atom. The van der Waals surface area contributed by atoms with Crippen molar-refractivity contribution in [2.75, 3.05) is 0 Å². The summed E-state index contributed by atoms with van der Waals surface area (Å²) in [4.78, 5) is 4.32. The van der Waals surface area contributed by atoms with Gasteiger partial charge in [0.15, 0.2) is 5.58 Å². The first-order valence-corrected chi connectivity index (χ1v) is 5.37. The average molecular weight is 245 g/mol. The molecule has 1 aromatic heterocycles. The van der Waals surface area contributed by atoms with Gasteiger partial charge in [0.05, 0.1) is 0 Å². The number of phenols is 1. The summed E-state index contributed by atoms with van der Waals surface area (Å²) in [6.45, 7) is 0. The lowest BCUT2D eigenvalue weighted by Crippen LogP contribution is -1.76. The van der Waals surface area contributed by atoms with E-state index in [0.29, 0.717) is 22.0 Å². The maximum Gasteiger partial charge on any atom is 0.227 e. The fraction of sp³-hybridized carbons (Fsp3) is 0. The number of nitrogens with zero attached hydrogens (tertiary/aromatic N) is 1. The number of aromatic nitrogens is 1. The monoisotopic (exact) mass is 244 g/mol. The maximum absolute atomic E-state index is 9.16. The predicted octanol–water partition coefficient (Wildman–Crippen LogP) is 3.65. The molecule has 0 saturated heterocycles. The van der Waals surface area contributed by atoms with Crippen LogP contribution in [0.4, 0.5) is 0 Å². The Morgan fingerprint density at radius 1 is 1.24 bits per heavy atom. The second-order valence-corrected chi connectivity index (χ2v) is 4.03. The largest absolute Gasteiger partial charge is 0.507 e. The molecule has 1 heterocycles. The summed E-state index contributed by atoms with van der Waals surface area (Å²) in [5.41, 5.74) is 2.15. The minimum atomic E-state index is 0.0907. The van der Waals surface area contributed by atoms with Crippen molar-refractivity contribution in [2.24, 2.45) is 0 Å². The molecule has 3 rings (SSSR count). The van der Waals surface area contributed by atoms with Gasteiger partial charge in [-0.05, 0) is 36.4 Å². The molecule has 0 saturated carbocycles. The maximum atomic E-state index is 9.16. The zero-order chi connectivity index (χ0) is 11.8. The molecule has 0 bridgehead atoms.